The molecule has 2 aromatic rings. The van der Waals surface area contributed by atoms with E-state index < -0.39 is 0 Å². The van der Waals surface area contributed by atoms with Crippen LogP contribution in [0.25, 0.3) is 11.3 Å². The van der Waals surface area contributed by atoms with E-state index in [2.05, 4.69) is 24.2 Å². The average molecular weight is 256 g/mol. The zero-order chi connectivity index (χ0) is 13.2. The summed E-state index contributed by atoms with van der Waals surface area (Å²) < 4.78 is 7.25. The van der Waals surface area contributed by atoms with Crippen molar-refractivity contribution in [2.75, 3.05) is 0 Å². The summed E-state index contributed by atoms with van der Waals surface area (Å²) in [4.78, 5) is 11.2. The van der Waals surface area contributed by atoms with Crippen molar-refractivity contribution in [1.82, 2.24) is 9.78 Å². The molecule has 0 aliphatic carbocycles. The van der Waals surface area contributed by atoms with E-state index in [-0.39, 0.29) is 0 Å². The highest BCUT2D eigenvalue weighted by molar-refractivity contribution is 5.85. The number of rotatable bonds is 4. The van der Waals surface area contributed by atoms with Crippen LogP contribution in [-0.4, -0.2) is 16.1 Å². The molecular formula is C15H16N2O2. The van der Waals surface area contributed by atoms with Crippen molar-refractivity contribution in [2.24, 2.45) is 0 Å². The summed E-state index contributed by atoms with van der Waals surface area (Å²) >= 11 is 0. The van der Waals surface area contributed by atoms with Gasteiger partial charge in [0.25, 0.3) is 0 Å². The van der Waals surface area contributed by atoms with E-state index in [1.807, 2.05) is 16.9 Å². The van der Waals surface area contributed by atoms with Crippen LogP contribution in [0.3, 0.4) is 0 Å². The van der Waals surface area contributed by atoms with E-state index in [9.17, 15) is 4.79 Å². The first-order valence-electron chi connectivity index (χ1n) is 6.54. The SMILES string of the molecule is CCCn1cc(C=O)c(-c2ccc3c(c2)COC3)n1. The second-order valence-electron chi connectivity index (χ2n) is 4.79. The van der Waals surface area contributed by atoms with Crippen molar-refractivity contribution in [2.45, 2.75) is 33.1 Å². The van der Waals surface area contributed by atoms with E-state index >= 15 is 0 Å². The number of carbonyl (C=O) groups excluding carboxylic acids is 1. The lowest BCUT2D eigenvalue weighted by atomic mass is 10.0. The number of benzene rings is 1. The smallest absolute Gasteiger partial charge is 0.153 e. The van der Waals surface area contributed by atoms with Gasteiger partial charge in [-0.3, -0.25) is 9.48 Å². The monoisotopic (exact) mass is 256 g/mol. The van der Waals surface area contributed by atoms with Gasteiger partial charge in [0.15, 0.2) is 6.29 Å². The Balaban J connectivity index is 2.03. The molecule has 0 saturated heterocycles. The Morgan fingerprint density at radius 1 is 1.37 bits per heavy atom. The van der Waals surface area contributed by atoms with E-state index in [1.54, 1.807) is 0 Å². The molecule has 0 atom stereocenters. The zero-order valence-corrected chi connectivity index (χ0v) is 10.9. The van der Waals surface area contributed by atoms with Crippen molar-refractivity contribution in [3.63, 3.8) is 0 Å². The van der Waals surface area contributed by atoms with Crippen molar-refractivity contribution in [1.29, 1.82) is 0 Å². The summed E-state index contributed by atoms with van der Waals surface area (Å²) in [5.41, 5.74) is 4.82. The Morgan fingerprint density at radius 3 is 3.00 bits per heavy atom. The van der Waals surface area contributed by atoms with Crippen LogP contribution in [-0.2, 0) is 24.5 Å². The minimum atomic E-state index is 0.646. The lowest BCUT2D eigenvalue weighted by molar-refractivity contribution is 0.112. The number of nitrogens with zero attached hydrogens (tertiary/aromatic N) is 2. The third kappa shape index (κ3) is 2.19. The number of ether oxygens (including phenoxy) is 1. The quantitative estimate of drug-likeness (QED) is 0.790. The van der Waals surface area contributed by atoms with Gasteiger partial charge in [-0.15, -0.1) is 0 Å². The van der Waals surface area contributed by atoms with Crippen molar-refractivity contribution in [3.05, 3.63) is 41.1 Å². The first kappa shape index (κ1) is 12.1. The van der Waals surface area contributed by atoms with Crippen LogP contribution in [0.5, 0.6) is 0 Å². The van der Waals surface area contributed by atoms with E-state index in [0.717, 1.165) is 30.5 Å². The predicted octanol–water partition coefficient (Wildman–Crippen LogP) is 2.80. The molecule has 0 radical (unpaired) electrons. The number of hydrogen-bond acceptors (Lipinski definition) is 3. The molecule has 0 fully saturated rings. The van der Waals surface area contributed by atoms with E-state index in [0.29, 0.717) is 18.8 Å². The highest BCUT2D eigenvalue weighted by atomic mass is 16.5. The normalized spacial score (nSPS) is 13.5. The first-order chi connectivity index (χ1) is 9.31. The topological polar surface area (TPSA) is 44.1 Å². The van der Waals surface area contributed by atoms with Crippen molar-refractivity contribution < 1.29 is 9.53 Å². The minimum Gasteiger partial charge on any atom is -0.372 e. The van der Waals surface area contributed by atoms with Gasteiger partial charge in [0.1, 0.15) is 5.69 Å². The Kier molecular flexibility index (Phi) is 3.17. The van der Waals surface area contributed by atoms with Crippen LogP contribution in [0, 0.1) is 0 Å². The van der Waals surface area contributed by atoms with Gasteiger partial charge in [0, 0.05) is 18.3 Å². The lowest BCUT2D eigenvalue weighted by Crippen LogP contribution is -1.96. The molecule has 1 aliphatic heterocycles. The Morgan fingerprint density at radius 2 is 2.21 bits per heavy atom. The minimum absolute atomic E-state index is 0.646. The molecule has 0 saturated carbocycles. The lowest BCUT2D eigenvalue weighted by Gasteiger charge is -2.02. The molecular weight excluding hydrogens is 240 g/mol. The summed E-state index contributed by atoms with van der Waals surface area (Å²) in [5.74, 6) is 0. The molecule has 3 rings (SSSR count). The fraction of sp³-hybridized carbons (Fsp3) is 0.333. The summed E-state index contributed by atoms with van der Waals surface area (Å²) in [7, 11) is 0. The fourth-order valence-electron chi connectivity index (χ4n) is 2.41. The molecule has 2 heterocycles. The fourth-order valence-corrected chi connectivity index (χ4v) is 2.41. The molecule has 98 valence electrons. The molecule has 1 aromatic carbocycles. The third-order valence-electron chi connectivity index (χ3n) is 3.36. The number of fused-ring (bicyclic) bond motifs is 1. The van der Waals surface area contributed by atoms with Gasteiger partial charge >= 0.3 is 0 Å². The average Bonchev–Trinajstić information content (AvgIpc) is 3.03. The van der Waals surface area contributed by atoms with Gasteiger partial charge in [-0.25, -0.2) is 0 Å². The van der Waals surface area contributed by atoms with Crippen molar-refractivity contribution >= 4 is 6.29 Å². The predicted molar refractivity (Wildman–Crippen MR) is 71.8 cm³/mol. The van der Waals surface area contributed by atoms with Gasteiger partial charge in [-0.1, -0.05) is 19.1 Å². The largest absolute Gasteiger partial charge is 0.372 e. The maximum Gasteiger partial charge on any atom is 0.153 e. The summed E-state index contributed by atoms with van der Waals surface area (Å²) in [6, 6.07) is 6.15. The van der Waals surface area contributed by atoms with Gasteiger partial charge in [-0.05, 0) is 23.6 Å². The molecule has 1 aliphatic rings. The Hall–Kier alpha value is -1.94. The number of carbonyl (C=O) groups is 1. The Labute approximate surface area is 112 Å². The number of aryl methyl sites for hydroxylation is 1. The maximum absolute atomic E-state index is 11.2. The maximum atomic E-state index is 11.2. The van der Waals surface area contributed by atoms with E-state index in [4.69, 9.17) is 4.74 Å². The third-order valence-corrected chi connectivity index (χ3v) is 3.36. The van der Waals surface area contributed by atoms with Gasteiger partial charge in [-0.2, -0.15) is 5.10 Å². The highest BCUT2D eigenvalue weighted by Crippen LogP contribution is 2.27. The van der Waals surface area contributed by atoms with Crippen LogP contribution in [0.4, 0.5) is 0 Å². The Bertz CT molecular complexity index is 617. The first-order valence-corrected chi connectivity index (χ1v) is 6.54. The number of hydrogen-bond donors (Lipinski definition) is 0. The van der Waals surface area contributed by atoms with Crippen LogP contribution in [0.2, 0.25) is 0 Å². The summed E-state index contributed by atoms with van der Waals surface area (Å²) in [5, 5.41) is 4.51. The van der Waals surface area contributed by atoms with Gasteiger partial charge < -0.3 is 4.74 Å². The molecule has 0 N–H and O–H groups in total. The molecule has 4 heteroatoms. The van der Waals surface area contributed by atoms with Gasteiger partial charge in [0.2, 0.25) is 0 Å². The van der Waals surface area contributed by atoms with Crippen LogP contribution < -0.4 is 0 Å². The molecule has 19 heavy (non-hydrogen) atoms. The summed E-state index contributed by atoms with van der Waals surface area (Å²) in [6.07, 6.45) is 3.69. The van der Waals surface area contributed by atoms with Crippen LogP contribution >= 0.6 is 0 Å². The zero-order valence-electron chi connectivity index (χ0n) is 10.9. The molecule has 0 unspecified atom stereocenters. The second kappa shape index (κ2) is 4.97. The van der Waals surface area contributed by atoms with Gasteiger partial charge in [0.05, 0.1) is 18.8 Å². The molecule has 4 nitrogen and oxygen atoms in total. The molecule has 0 bridgehead atoms. The van der Waals surface area contributed by atoms with Crippen LogP contribution in [0.1, 0.15) is 34.8 Å². The second-order valence-corrected chi connectivity index (χ2v) is 4.79. The standard InChI is InChI=1S/C15H16N2O2/c1-2-5-17-7-14(8-18)15(16-17)11-3-4-12-9-19-10-13(12)6-11/h3-4,6-8H,2,5,9-10H2,1H3. The molecule has 0 spiro atoms. The van der Waals surface area contributed by atoms with Crippen LogP contribution in [0.15, 0.2) is 24.4 Å². The van der Waals surface area contributed by atoms with Crippen molar-refractivity contribution in [3.8, 4) is 11.3 Å². The number of aromatic nitrogens is 2. The highest BCUT2D eigenvalue weighted by Gasteiger charge is 2.15. The molecule has 1 aromatic heterocycles. The van der Waals surface area contributed by atoms with E-state index in [1.165, 1.54) is 11.1 Å². The number of aldehydes is 1. The molecule has 0 amide bonds. The summed E-state index contributed by atoms with van der Waals surface area (Å²) in [6.45, 7) is 4.25.